The van der Waals surface area contributed by atoms with E-state index in [1.807, 2.05) is 25.6 Å². The van der Waals surface area contributed by atoms with Crippen molar-refractivity contribution in [2.24, 2.45) is 7.05 Å². The first kappa shape index (κ1) is 11.9. The van der Waals surface area contributed by atoms with E-state index in [9.17, 15) is 0 Å². The van der Waals surface area contributed by atoms with Gasteiger partial charge in [0.2, 0.25) is 5.89 Å². The highest BCUT2D eigenvalue weighted by atomic mass is 16.4. The lowest BCUT2D eigenvalue weighted by Crippen LogP contribution is -2.14. The Labute approximate surface area is 101 Å². The maximum Gasteiger partial charge on any atom is 0.208 e. The van der Waals surface area contributed by atoms with E-state index in [1.165, 1.54) is 11.3 Å². The molecule has 0 saturated heterocycles. The van der Waals surface area contributed by atoms with Crippen molar-refractivity contribution in [3.63, 3.8) is 0 Å². The third-order valence-electron chi connectivity index (χ3n) is 2.91. The van der Waals surface area contributed by atoms with Crippen LogP contribution in [0.15, 0.2) is 10.6 Å². The molecule has 0 atom stereocenters. The van der Waals surface area contributed by atoms with Crippen molar-refractivity contribution >= 4 is 0 Å². The molecule has 0 fully saturated rings. The molecule has 0 aromatic carbocycles. The minimum Gasteiger partial charge on any atom is -0.445 e. The molecule has 5 heteroatoms. The van der Waals surface area contributed by atoms with Gasteiger partial charge in [-0.1, -0.05) is 0 Å². The first-order valence-corrected chi connectivity index (χ1v) is 5.69. The zero-order valence-corrected chi connectivity index (χ0v) is 10.7. The molecular weight excluding hydrogens is 216 g/mol. The fraction of sp³-hybridized carbons (Fsp3) is 0.500. The van der Waals surface area contributed by atoms with Crippen LogP contribution in [0.2, 0.25) is 0 Å². The largest absolute Gasteiger partial charge is 0.445 e. The summed E-state index contributed by atoms with van der Waals surface area (Å²) < 4.78 is 7.30. The monoisotopic (exact) mass is 234 g/mol. The van der Waals surface area contributed by atoms with Gasteiger partial charge >= 0.3 is 0 Å². The Morgan fingerprint density at radius 3 is 2.59 bits per heavy atom. The maximum absolute atomic E-state index is 5.39. The Bertz CT molecular complexity index is 513. The molecule has 2 aromatic heterocycles. The molecule has 0 aliphatic carbocycles. The zero-order chi connectivity index (χ0) is 12.4. The van der Waals surface area contributed by atoms with Gasteiger partial charge in [0.1, 0.15) is 5.76 Å². The highest BCUT2D eigenvalue weighted by molar-refractivity contribution is 5.23. The molecule has 0 spiro atoms. The summed E-state index contributed by atoms with van der Waals surface area (Å²) in [5.41, 5.74) is 3.51. The van der Waals surface area contributed by atoms with Crippen molar-refractivity contribution in [2.45, 2.75) is 33.9 Å². The average molecular weight is 234 g/mol. The quantitative estimate of drug-likeness (QED) is 0.873. The lowest BCUT2D eigenvalue weighted by atomic mass is 10.2. The number of nitrogens with one attached hydrogen (secondary N) is 1. The molecule has 0 aliphatic rings. The van der Waals surface area contributed by atoms with E-state index in [1.54, 1.807) is 6.20 Å². The second-order valence-electron chi connectivity index (χ2n) is 4.24. The van der Waals surface area contributed by atoms with Crippen LogP contribution < -0.4 is 5.32 Å². The van der Waals surface area contributed by atoms with Gasteiger partial charge < -0.3 is 9.73 Å². The van der Waals surface area contributed by atoms with Crippen LogP contribution >= 0.6 is 0 Å². The van der Waals surface area contributed by atoms with E-state index in [2.05, 4.69) is 22.3 Å². The van der Waals surface area contributed by atoms with Crippen molar-refractivity contribution in [1.29, 1.82) is 0 Å². The molecule has 2 rings (SSSR count). The molecule has 2 aromatic rings. The van der Waals surface area contributed by atoms with Crippen molar-refractivity contribution in [3.05, 3.63) is 34.8 Å². The van der Waals surface area contributed by atoms with Crippen LogP contribution in [0, 0.1) is 20.8 Å². The van der Waals surface area contributed by atoms with Gasteiger partial charge in [0, 0.05) is 24.8 Å². The molecule has 5 nitrogen and oxygen atoms in total. The molecule has 0 bridgehead atoms. The Hall–Kier alpha value is -1.62. The van der Waals surface area contributed by atoms with Gasteiger partial charge in [-0.25, -0.2) is 4.98 Å². The van der Waals surface area contributed by atoms with Gasteiger partial charge in [0.15, 0.2) is 0 Å². The summed E-state index contributed by atoms with van der Waals surface area (Å²) in [5, 5.41) is 7.69. The van der Waals surface area contributed by atoms with Crippen LogP contribution in [0.4, 0.5) is 0 Å². The summed E-state index contributed by atoms with van der Waals surface area (Å²) in [6.45, 7) is 7.42. The van der Waals surface area contributed by atoms with Gasteiger partial charge in [0.05, 0.1) is 18.4 Å². The second-order valence-corrected chi connectivity index (χ2v) is 4.24. The fourth-order valence-electron chi connectivity index (χ4n) is 1.85. The predicted molar refractivity (Wildman–Crippen MR) is 64.5 cm³/mol. The van der Waals surface area contributed by atoms with Gasteiger partial charge in [-0.15, -0.1) is 0 Å². The molecule has 0 radical (unpaired) electrons. The fourth-order valence-corrected chi connectivity index (χ4v) is 1.85. The maximum atomic E-state index is 5.39. The molecule has 0 saturated carbocycles. The normalized spacial score (nSPS) is 11.1. The minimum absolute atomic E-state index is 0.640. The van der Waals surface area contributed by atoms with E-state index < -0.39 is 0 Å². The Kier molecular flexibility index (Phi) is 3.28. The molecule has 0 amide bonds. The summed E-state index contributed by atoms with van der Waals surface area (Å²) in [6, 6.07) is 0. The van der Waals surface area contributed by atoms with Crippen LogP contribution in [0.25, 0.3) is 0 Å². The lowest BCUT2D eigenvalue weighted by Gasteiger charge is -2.03. The van der Waals surface area contributed by atoms with Crippen molar-refractivity contribution in [3.8, 4) is 0 Å². The van der Waals surface area contributed by atoms with Crippen LogP contribution in [-0.2, 0) is 20.1 Å². The SMILES string of the molecule is Cc1cnc(CNCc2c(C)nn(C)c2C)o1. The summed E-state index contributed by atoms with van der Waals surface area (Å²) in [7, 11) is 1.96. The van der Waals surface area contributed by atoms with Crippen LogP contribution in [0.5, 0.6) is 0 Å². The molecule has 2 heterocycles. The third kappa shape index (κ3) is 2.55. The number of hydrogen-bond acceptors (Lipinski definition) is 4. The number of nitrogens with zero attached hydrogens (tertiary/aromatic N) is 3. The number of rotatable bonds is 4. The standard InChI is InChI=1S/C12H18N4O/c1-8-5-14-12(17-8)7-13-6-11-9(2)15-16(4)10(11)3/h5,13H,6-7H2,1-4H3. The van der Waals surface area contributed by atoms with Gasteiger partial charge in [-0.3, -0.25) is 4.68 Å². The smallest absolute Gasteiger partial charge is 0.208 e. The molecule has 1 N–H and O–H groups in total. The Balaban J connectivity index is 1.94. The number of aryl methyl sites for hydroxylation is 3. The van der Waals surface area contributed by atoms with Crippen molar-refractivity contribution < 1.29 is 4.42 Å². The highest BCUT2D eigenvalue weighted by Crippen LogP contribution is 2.11. The molecule has 0 aliphatic heterocycles. The van der Waals surface area contributed by atoms with Crippen LogP contribution in [0.3, 0.4) is 0 Å². The topological polar surface area (TPSA) is 55.9 Å². The first-order chi connectivity index (χ1) is 8.08. The summed E-state index contributed by atoms with van der Waals surface area (Å²) >= 11 is 0. The number of oxazole rings is 1. The van der Waals surface area contributed by atoms with Gasteiger partial charge in [-0.05, 0) is 20.8 Å². The highest BCUT2D eigenvalue weighted by Gasteiger charge is 2.09. The minimum atomic E-state index is 0.640. The van der Waals surface area contributed by atoms with Crippen molar-refractivity contribution in [1.82, 2.24) is 20.1 Å². The second kappa shape index (κ2) is 4.71. The zero-order valence-electron chi connectivity index (χ0n) is 10.7. The predicted octanol–water partition coefficient (Wildman–Crippen LogP) is 1.62. The number of hydrogen-bond donors (Lipinski definition) is 1. The van der Waals surface area contributed by atoms with E-state index in [4.69, 9.17) is 4.42 Å². The summed E-state index contributed by atoms with van der Waals surface area (Å²) in [6.07, 6.45) is 1.73. The van der Waals surface area contributed by atoms with E-state index >= 15 is 0 Å². The van der Waals surface area contributed by atoms with Crippen molar-refractivity contribution in [2.75, 3.05) is 0 Å². The lowest BCUT2D eigenvalue weighted by molar-refractivity contribution is 0.448. The van der Waals surface area contributed by atoms with Gasteiger partial charge in [-0.2, -0.15) is 5.10 Å². The van der Waals surface area contributed by atoms with E-state index in [0.29, 0.717) is 6.54 Å². The van der Waals surface area contributed by atoms with E-state index in [-0.39, 0.29) is 0 Å². The van der Waals surface area contributed by atoms with E-state index in [0.717, 1.165) is 23.9 Å². The molecule has 0 unspecified atom stereocenters. The summed E-state index contributed by atoms with van der Waals surface area (Å²) in [4.78, 5) is 4.15. The third-order valence-corrected chi connectivity index (χ3v) is 2.91. The van der Waals surface area contributed by atoms with Crippen LogP contribution in [-0.4, -0.2) is 14.8 Å². The summed E-state index contributed by atoms with van der Waals surface area (Å²) in [5.74, 6) is 1.57. The average Bonchev–Trinajstić information content (AvgIpc) is 2.78. The number of aromatic nitrogens is 3. The Morgan fingerprint density at radius 1 is 1.29 bits per heavy atom. The molecular formula is C12H18N4O. The molecule has 92 valence electrons. The molecule has 17 heavy (non-hydrogen) atoms. The first-order valence-electron chi connectivity index (χ1n) is 5.69. The van der Waals surface area contributed by atoms with Gasteiger partial charge in [0.25, 0.3) is 0 Å². The Morgan fingerprint density at radius 2 is 2.06 bits per heavy atom. The van der Waals surface area contributed by atoms with Crippen LogP contribution in [0.1, 0.15) is 28.6 Å².